The number of carbonyl (C=O) groups excluding carboxylic acids is 2. The molecular weight excluding hydrogens is 462 g/mol. The van der Waals surface area contributed by atoms with Crippen LogP contribution < -0.4 is 4.74 Å². The minimum atomic E-state index is -0.267. The van der Waals surface area contributed by atoms with Crippen molar-refractivity contribution in [3.63, 3.8) is 0 Å². The first kappa shape index (κ1) is 20.7. The minimum absolute atomic E-state index is 0.0673. The van der Waals surface area contributed by atoms with Crippen molar-refractivity contribution in [2.45, 2.75) is 26.5 Å². The van der Waals surface area contributed by atoms with E-state index in [1.54, 1.807) is 6.08 Å². The van der Waals surface area contributed by atoms with E-state index in [-0.39, 0.29) is 23.8 Å². The number of imide groups is 1. The molecule has 0 spiro atoms. The monoisotopic (exact) mass is 481 g/mol. The first-order chi connectivity index (χ1) is 14.4. The fourth-order valence-corrected chi connectivity index (χ4v) is 4.67. The average molecular weight is 482 g/mol. The lowest BCUT2D eigenvalue weighted by molar-refractivity contribution is -0.123. The third-order valence-corrected chi connectivity index (χ3v) is 6.23. The number of amides is 2. The van der Waals surface area contributed by atoms with Gasteiger partial charge in [-0.25, -0.2) is 0 Å². The number of hydrogen-bond donors (Lipinski definition) is 0. The molecule has 1 heterocycles. The predicted octanol–water partition coefficient (Wildman–Crippen LogP) is 6.63. The van der Waals surface area contributed by atoms with Crippen molar-refractivity contribution in [3.8, 4) is 5.75 Å². The molecule has 1 saturated heterocycles. The Bertz CT molecular complexity index is 1170. The highest BCUT2D eigenvalue weighted by Crippen LogP contribution is 2.35. The topological polar surface area (TPSA) is 46.6 Å². The molecule has 4 nitrogen and oxygen atoms in total. The van der Waals surface area contributed by atoms with Gasteiger partial charge in [0, 0.05) is 0 Å². The van der Waals surface area contributed by atoms with Gasteiger partial charge in [0.2, 0.25) is 0 Å². The molecule has 0 radical (unpaired) electrons. The number of hydrogen-bond acceptors (Lipinski definition) is 4. The third kappa shape index (κ3) is 4.30. The molecule has 1 fully saturated rings. The molecular formula is C24H20BrNO3S. The van der Waals surface area contributed by atoms with E-state index in [0.29, 0.717) is 4.91 Å². The molecule has 0 N–H and O–H groups in total. The zero-order valence-electron chi connectivity index (χ0n) is 16.6. The number of benzene rings is 3. The third-order valence-electron chi connectivity index (χ3n) is 4.70. The molecule has 6 heteroatoms. The Balaban J connectivity index is 1.57. The van der Waals surface area contributed by atoms with E-state index in [1.807, 2.05) is 74.5 Å². The lowest BCUT2D eigenvalue weighted by Crippen LogP contribution is -2.27. The van der Waals surface area contributed by atoms with Crippen LogP contribution in [0.1, 0.15) is 25.0 Å². The van der Waals surface area contributed by atoms with Gasteiger partial charge >= 0.3 is 0 Å². The van der Waals surface area contributed by atoms with E-state index in [0.717, 1.165) is 43.9 Å². The molecule has 3 aromatic rings. The van der Waals surface area contributed by atoms with Crippen LogP contribution in [0, 0.1) is 0 Å². The van der Waals surface area contributed by atoms with Crippen molar-refractivity contribution in [1.82, 2.24) is 4.90 Å². The summed E-state index contributed by atoms with van der Waals surface area (Å²) in [6, 6.07) is 19.5. The Kier molecular flexibility index (Phi) is 5.97. The predicted molar refractivity (Wildman–Crippen MR) is 125 cm³/mol. The van der Waals surface area contributed by atoms with E-state index in [4.69, 9.17) is 4.74 Å². The van der Waals surface area contributed by atoms with Gasteiger partial charge in [-0.2, -0.15) is 0 Å². The van der Waals surface area contributed by atoms with E-state index in [1.165, 1.54) is 4.90 Å². The SMILES string of the molecule is CC(C)Oc1ccc(/C=C2\SC(=O)N(Cc3cccc4ccccc34)C2=O)cc1Br. The second-order valence-corrected chi connectivity index (χ2v) is 9.11. The van der Waals surface area contributed by atoms with Crippen molar-refractivity contribution in [1.29, 1.82) is 0 Å². The Morgan fingerprint density at radius 2 is 1.83 bits per heavy atom. The van der Waals surface area contributed by atoms with Crippen LogP contribution in [-0.4, -0.2) is 22.2 Å². The van der Waals surface area contributed by atoms with Gasteiger partial charge < -0.3 is 4.74 Å². The number of ether oxygens (including phenoxy) is 1. The molecule has 152 valence electrons. The van der Waals surface area contributed by atoms with E-state index < -0.39 is 0 Å². The highest BCUT2D eigenvalue weighted by atomic mass is 79.9. The summed E-state index contributed by atoms with van der Waals surface area (Å²) >= 11 is 4.48. The molecule has 0 unspecified atom stereocenters. The van der Waals surface area contributed by atoms with Gasteiger partial charge in [-0.3, -0.25) is 14.5 Å². The van der Waals surface area contributed by atoms with Crippen LogP contribution in [0.15, 0.2) is 70.0 Å². The number of fused-ring (bicyclic) bond motifs is 1. The molecule has 1 aliphatic heterocycles. The van der Waals surface area contributed by atoms with Gasteiger partial charge in [0.15, 0.2) is 0 Å². The summed E-state index contributed by atoms with van der Waals surface area (Å²) in [4.78, 5) is 27.2. The zero-order chi connectivity index (χ0) is 21.3. The Hall–Kier alpha value is -2.57. The summed E-state index contributed by atoms with van der Waals surface area (Å²) in [6.07, 6.45) is 1.82. The van der Waals surface area contributed by atoms with E-state index >= 15 is 0 Å². The first-order valence-corrected chi connectivity index (χ1v) is 11.2. The number of carbonyl (C=O) groups is 2. The second kappa shape index (κ2) is 8.66. The van der Waals surface area contributed by atoms with Crippen LogP contribution in [0.5, 0.6) is 5.75 Å². The standard InChI is InChI=1S/C24H20BrNO3S/c1-15(2)29-21-11-10-16(12-20(21)25)13-22-23(27)26(24(28)30-22)14-18-8-5-7-17-6-3-4-9-19(17)18/h3-13,15H,14H2,1-2H3/b22-13-. The van der Waals surface area contributed by atoms with Gasteiger partial charge in [-0.05, 0) is 81.6 Å². The van der Waals surface area contributed by atoms with Gasteiger partial charge in [0.25, 0.3) is 11.1 Å². The first-order valence-electron chi connectivity index (χ1n) is 9.60. The molecule has 4 rings (SSSR count). The van der Waals surface area contributed by atoms with Crippen LogP contribution in [0.4, 0.5) is 4.79 Å². The van der Waals surface area contributed by atoms with Gasteiger partial charge in [0.05, 0.1) is 22.0 Å². The summed E-state index contributed by atoms with van der Waals surface area (Å²) in [6.45, 7) is 4.19. The quantitative estimate of drug-likeness (QED) is 0.383. The summed E-state index contributed by atoms with van der Waals surface area (Å²) in [5, 5.41) is 1.89. The molecule has 3 aromatic carbocycles. The smallest absolute Gasteiger partial charge is 0.293 e. The Labute approximate surface area is 188 Å². The van der Waals surface area contributed by atoms with Gasteiger partial charge in [-0.1, -0.05) is 48.5 Å². The Morgan fingerprint density at radius 3 is 2.60 bits per heavy atom. The highest BCUT2D eigenvalue weighted by Gasteiger charge is 2.35. The maximum absolute atomic E-state index is 12.9. The highest BCUT2D eigenvalue weighted by molar-refractivity contribution is 9.10. The van der Waals surface area contributed by atoms with Crippen molar-refractivity contribution in [2.24, 2.45) is 0 Å². The lowest BCUT2D eigenvalue weighted by Gasteiger charge is -2.14. The zero-order valence-corrected chi connectivity index (χ0v) is 19.0. The molecule has 0 aliphatic carbocycles. The average Bonchev–Trinajstić information content (AvgIpc) is 2.97. The maximum Gasteiger partial charge on any atom is 0.293 e. The molecule has 0 atom stereocenters. The van der Waals surface area contributed by atoms with Crippen LogP contribution in [0.25, 0.3) is 16.8 Å². The fraction of sp³-hybridized carbons (Fsp3) is 0.167. The second-order valence-electron chi connectivity index (χ2n) is 7.26. The van der Waals surface area contributed by atoms with E-state index in [2.05, 4.69) is 15.9 Å². The Morgan fingerprint density at radius 1 is 1.07 bits per heavy atom. The van der Waals surface area contributed by atoms with Crippen LogP contribution in [0.2, 0.25) is 0 Å². The van der Waals surface area contributed by atoms with Gasteiger partial charge in [0.1, 0.15) is 5.75 Å². The molecule has 1 aliphatic rings. The minimum Gasteiger partial charge on any atom is -0.490 e. The maximum atomic E-state index is 12.9. The van der Waals surface area contributed by atoms with Crippen molar-refractivity contribution < 1.29 is 14.3 Å². The largest absolute Gasteiger partial charge is 0.490 e. The summed E-state index contributed by atoms with van der Waals surface area (Å²) in [5.74, 6) is 0.475. The van der Waals surface area contributed by atoms with Gasteiger partial charge in [-0.15, -0.1) is 0 Å². The van der Waals surface area contributed by atoms with Crippen LogP contribution in [0.3, 0.4) is 0 Å². The summed E-state index contributed by atoms with van der Waals surface area (Å²) in [5.41, 5.74) is 1.78. The lowest BCUT2D eigenvalue weighted by atomic mass is 10.0. The molecule has 0 saturated carbocycles. The normalized spacial score (nSPS) is 15.6. The number of thioether (sulfide) groups is 1. The molecule has 2 amide bonds. The van der Waals surface area contributed by atoms with Crippen LogP contribution >= 0.6 is 27.7 Å². The number of nitrogens with zero attached hydrogens (tertiary/aromatic N) is 1. The summed E-state index contributed by atoms with van der Waals surface area (Å²) < 4.78 is 6.53. The van der Waals surface area contributed by atoms with E-state index in [9.17, 15) is 9.59 Å². The van der Waals surface area contributed by atoms with Crippen molar-refractivity contribution >= 4 is 55.7 Å². The fourth-order valence-electron chi connectivity index (χ4n) is 3.34. The molecule has 30 heavy (non-hydrogen) atoms. The molecule has 0 aromatic heterocycles. The number of halogens is 1. The van der Waals surface area contributed by atoms with Crippen LogP contribution in [-0.2, 0) is 11.3 Å². The number of rotatable bonds is 5. The van der Waals surface area contributed by atoms with Crippen molar-refractivity contribution in [2.75, 3.05) is 0 Å². The molecule has 0 bridgehead atoms. The summed E-state index contributed by atoms with van der Waals surface area (Å²) in [7, 11) is 0. The van der Waals surface area contributed by atoms with Crippen molar-refractivity contribution in [3.05, 3.63) is 81.2 Å².